The Morgan fingerprint density at radius 1 is 1.20 bits per heavy atom. The minimum Gasteiger partial charge on any atom is -0.478 e. The van der Waals surface area contributed by atoms with Gasteiger partial charge < -0.3 is 14.2 Å². The number of methoxy groups -OCH3 is 2. The number of nitrogens with zero attached hydrogens (tertiary/aromatic N) is 3. The van der Waals surface area contributed by atoms with Gasteiger partial charge in [0.15, 0.2) is 5.82 Å². The molecule has 2 N–H and O–H groups in total. The lowest BCUT2D eigenvalue weighted by Gasteiger charge is -2.14. The van der Waals surface area contributed by atoms with E-state index in [-0.39, 0.29) is 43.7 Å². The maximum atomic E-state index is 14.9. The van der Waals surface area contributed by atoms with Gasteiger partial charge in [-0.3, -0.25) is 4.57 Å². The van der Waals surface area contributed by atoms with Crippen LogP contribution in [0.15, 0.2) is 27.7 Å². The van der Waals surface area contributed by atoms with Crippen molar-refractivity contribution in [1.29, 1.82) is 0 Å². The van der Waals surface area contributed by atoms with Crippen molar-refractivity contribution in [2.75, 3.05) is 20.8 Å². The molecule has 3 rings (SSSR count). The summed E-state index contributed by atoms with van der Waals surface area (Å²) < 4.78 is 80.1. The van der Waals surface area contributed by atoms with Gasteiger partial charge >= 0.3 is 0 Å². The van der Waals surface area contributed by atoms with Crippen LogP contribution in [0.5, 0.6) is 17.5 Å². The molecule has 162 valence electrons. The van der Waals surface area contributed by atoms with Gasteiger partial charge in [0, 0.05) is 11.6 Å². The highest BCUT2D eigenvalue weighted by Crippen LogP contribution is 2.37. The molecule has 0 amide bonds. The number of nitrogens with two attached hydrogens (primary N) is 1. The van der Waals surface area contributed by atoms with Crippen LogP contribution in [0.2, 0.25) is 0 Å². The second kappa shape index (κ2) is 8.28. The highest BCUT2D eigenvalue weighted by Gasteiger charge is 2.26. The average molecular weight is 511 g/mol. The van der Waals surface area contributed by atoms with Gasteiger partial charge in [0.05, 0.1) is 24.2 Å². The van der Waals surface area contributed by atoms with Crippen LogP contribution >= 0.6 is 15.9 Å². The third-order valence-electron chi connectivity index (χ3n) is 3.88. The molecule has 0 atom stereocenters. The highest BCUT2D eigenvalue weighted by molar-refractivity contribution is 9.10. The molecule has 14 heteroatoms. The first-order valence-corrected chi connectivity index (χ1v) is 10.4. The molecule has 0 spiro atoms. The minimum atomic E-state index is -4.23. The lowest BCUT2D eigenvalue weighted by atomic mass is 10.2. The van der Waals surface area contributed by atoms with E-state index in [0.29, 0.717) is 0 Å². The molecule has 9 nitrogen and oxygen atoms in total. The van der Waals surface area contributed by atoms with Gasteiger partial charge in [-0.2, -0.15) is 9.97 Å². The molecule has 0 aliphatic carbocycles. The molecule has 0 fully saturated rings. The lowest BCUT2D eigenvalue weighted by molar-refractivity contribution is 0.0780. The number of hydrogen-bond donors (Lipinski definition) is 1. The zero-order chi connectivity index (χ0) is 22.2. The number of fused-ring (bicyclic) bond motifs is 1. The zero-order valence-corrected chi connectivity index (χ0v) is 17.8. The third kappa shape index (κ3) is 4.02. The molecule has 0 radical (unpaired) electrons. The predicted octanol–water partition coefficient (Wildman–Crippen LogP) is 2.63. The fourth-order valence-electron chi connectivity index (χ4n) is 2.66. The van der Waals surface area contributed by atoms with Crippen LogP contribution in [-0.4, -0.2) is 50.2 Å². The summed E-state index contributed by atoms with van der Waals surface area (Å²) >= 11 is 3.03. The van der Waals surface area contributed by atoms with Crippen molar-refractivity contribution in [1.82, 2.24) is 14.5 Å². The lowest BCUT2D eigenvalue weighted by Crippen LogP contribution is -2.12. The van der Waals surface area contributed by atoms with E-state index in [0.717, 1.165) is 10.8 Å². The number of alkyl halides is 2. The van der Waals surface area contributed by atoms with Gasteiger partial charge in [0.2, 0.25) is 21.7 Å². The second-order valence-electron chi connectivity index (χ2n) is 5.74. The van der Waals surface area contributed by atoms with E-state index in [4.69, 9.17) is 19.3 Å². The smallest absolute Gasteiger partial charge is 0.272 e. The molecule has 1 aromatic carbocycles. The van der Waals surface area contributed by atoms with Crippen LogP contribution in [0.1, 0.15) is 0 Å². The number of ether oxygens (including phenoxy) is 3. The van der Waals surface area contributed by atoms with Crippen molar-refractivity contribution in [2.45, 2.75) is 11.3 Å². The van der Waals surface area contributed by atoms with Crippen LogP contribution in [0.25, 0.3) is 16.9 Å². The SMILES string of the molecule is COc1nc(-n2cc(S(N)(=O)=O)c3ccc(Br)c(F)c32)nc(OC)c1OCC(F)F. The van der Waals surface area contributed by atoms with Crippen molar-refractivity contribution in [3.8, 4) is 23.5 Å². The van der Waals surface area contributed by atoms with Crippen LogP contribution in [0, 0.1) is 5.82 Å². The molecule has 0 bridgehead atoms. The molecule has 3 aromatic rings. The summed E-state index contributed by atoms with van der Waals surface area (Å²) in [7, 11) is -1.84. The Hall–Kier alpha value is -2.58. The Morgan fingerprint density at radius 2 is 1.80 bits per heavy atom. The summed E-state index contributed by atoms with van der Waals surface area (Å²) in [5.74, 6) is -1.94. The summed E-state index contributed by atoms with van der Waals surface area (Å²) in [6, 6.07) is 2.67. The van der Waals surface area contributed by atoms with Crippen LogP contribution in [0.3, 0.4) is 0 Å². The Bertz CT molecular complexity index is 1190. The first kappa shape index (κ1) is 22.1. The molecule has 0 aliphatic rings. The summed E-state index contributed by atoms with van der Waals surface area (Å²) in [4.78, 5) is 7.68. The Kier molecular flexibility index (Phi) is 6.10. The molecule has 0 saturated carbocycles. The Morgan fingerprint density at radius 3 is 2.30 bits per heavy atom. The monoisotopic (exact) mass is 510 g/mol. The van der Waals surface area contributed by atoms with Gasteiger partial charge in [0.1, 0.15) is 11.5 Å². The zero-order valence-electron chi connectivity index (χ0n) is 15.4. The van der Waals surface area contributed by atoms with E-state index >= 15 is 0 Å². The maximum absolute atomic E-state index is 14.9. The van der Waals surface area contributed by atoms with Crippen molar-refractivity contribution >= 4 is 36.9 Å². The number of aromatic nitrogens is 3. The number of hydrogen-bond acceptors (Lipinski definition) is 7. The normalized spacial score (nSPS) is 11.9. The quantitative estimate of drug-likeness (QED) is 0.518. The van der Waals surface area contributed by atoms with Crippen molar-refractivity contribution in [2.24, 2.45) is 5.14 Å². The standard InChI is InChI=1S/C16H14BrF3N4O5S/c1-27-14-13(29-6-10(18)19)15(28-2)23-16(22-14)24-5-9(30(21,25)26)7-3-4-8(17)11(20)12(7)24/h3-5,10H,6H2,1-2H3,(H2,21,25,26). The van der Waals surface area contributed by atoms with E-state index in [9.17, 15) is 21.6 Å². The summed E-state index contributed by atoms with van der Waals surface area (Å²) in [6.07, 6.45) is -1.75. The topological polar surface area (TPSA) is 119 Å². The van der Waals surface area contributed by atoms with E-state index in [1.807, 2.05) is 0 Å². The van der Waals surface area contributed by atoms with Gasteiger partial charge in [-0.25, -0.2) is 26.7 Å². The Labute approximate surface area is 176 Å². The third-order valence-corrected chi connectivity index (χ3v) is 5.43. The van der Waals surface area contributed by atoms with Gasteiger partial charge in [0.25, 0.3) is 18.2 Å². The summed E-state index contributed by atoms with van der Waals surface area (Å²) in [5, 5.41) is 5.23. The molecule has 0 aliphatic heterocycles. The van der Waals surface area contributed by atoms with Gasteiger partial charge in [-0.15, -0.1) is 0 Å². The first-order valence-electron chi connectivity index (χ1n) is 8.01. The van der Waals surface area contributed by atoms with Crippen LogP contribution in [-0.2, 0) is 10.0 Å². The first-order chi connectivity index (χ1) is 14.1. The largest absolute Gasteiger partial charge is 0.478 e. The van der Waals surface area contributed by atoms with Gasteiger partial charge in [-0.1, -0.05) is 6.07 Å². The van der Waals surface area contributed by atoms with Crippen molar-refractivity contribution in [3.05, 3.63) is 28.6 Å². The van der Waals surface area contributed by atoms with Gasteiger partial charge in [-0.05, 0) is 22.0 Å². The molecule has 0 unspecified atom stereocenters. The summed E-state index contributed by atoms with van der Waals surface area (Å²) in [6.45, 7) is -0.973. The highest BCUT2D eigenvalue weighted by atomic mass is 79.9. The van der Waals surface area contributed by atoms with Crippen molar-refractivity contribution < 1.29 is 35.8 Å². The fourth-order valence-corrected chi connectivity index (χ4v) is 3.71. The van der Waals surface area contributed by atoms with E-state index in [1.165, 1.54) is 26.4 Å². The number of benzene rings is 1. The molecular weight excluding hydrogens is 497 g/mol. The predicted molar refractivity (Wildman–Crippen MR) is 102 cm³/mol. The Balaban J connectivity index is 2.31. The van der Waals surface area contributed by atoms with E-state index < -0.39 is 28.9 Å². The van der Waals surface area contributed by atoms with E-state index in [2.05, 4.69) is 25.9 Å². The molecule has 30 heavy (non-hydrogen) atoms. The molecule has 0 saturated heterocycles. The number of halogens is 4. The van der Waals surface area contributed by atoms with Crippen LogP contribution in [0.4, 0.5) is 13.2 Å². The number of sulfonamides is 1. The minimum absolute atomic E-state index is 0.0160. The number of rotatable bonds is 7. The second-order valence-corrected chi connectivity index (χ2v) is 8.12. The summed E-state index contributed by atoms with van der Waals surface area (Å²) in [5.41, 5.74) is -0.196. The fraction of sp³-hybridized carbons (Fsp3) is 0.250. The van der Waals surface area contributed by atoms with Crippen LogP contribution < -0.4 is 19.3 Å². The molecule has 2 aromatic heterocycles. The maximum Gasteiger partial charge on any atom is 0.272 e. The van der Waals surface area contributed by atoms with E-state index in [1.54, 1.807) is 0 Å². The van der Waals surface area contributed by atoms with Crippen molar-refractivity contribution in [3.63, 3.8) is 0 Å². The average Bonchev–Trinajstić information content (AvgIpc) is 3.09. The molecule has 2 heterocycles. The molecular formula is C16H14BrF3N4O5S. The number of primary sulfonamides is 1.